The number of carbonyl (C=O) groups excluding carboxylic acids is 4. The van der Waals surface area contributed by atoms with Crippen molar-refractivity contribution in [3.63, 3.8) is 0 Å². The Morgan fingerprint density at radius 2 is 0.818 bits per heavy atom. The Morgan fingerprint density at radius 1 is 0.545 bits per heavy atom. The van der Waals surface area contributed by atoms with Crippen LogP contribution in [0.4, 0.5) is 0 Å². The van der Waals surface area contributed by atoms with Gasteiger partial charge in [0.05, 0.1) is 25.7 Å². The second-order valence-electron chi connectivity index (χ2n) is 8.90. The van der Waals surface area contributed by atoms with Crippen molar-refractivity contribution in [2.24, 2.45) is 0 Å². The lowest BCUT2D eigenvalue weighted by atomic mass is 9.96. The third kappa shape index (κ3) is 15.4. The smallest absolute Gasteiger partial charge is 0.336 e. The standard InChI is InChI=1S/C16H24O15.C6H8O7/c17-3-7(19)13(25)9(21)5-30-11(23)1-16(29,15(27)28)2-12(24)31-6-10(22)14(26)8(20)4-18;7-3(8)1-6(13,5(11)12)2-4(9)10/h3-4,7-10,13-14,19-22,25-26,29H,1-2,5-6H2,(H,27,28);13H,1-2H2,(H,7,8)(H,9,10)(H,11,12)/t7-,8-,9+,10+,13+,14+;/m0./s1. The molecule has 0 aliphatic heterocycles. The predicted molar refractivity (Wildman–Crippen MR) is 129 cm³/mol. The van der Waals surface area contributed by atoms with Gasteiger partial charge < -0.3 is 80.3 Å². The molecule has 0 spiro atoms. The second kappa shape index (κ2) is 19.2. The van der Waals surface area contributed by atoms with E-state index < -0.39 is 123 Å². The number of carboxylic acid groups (broad SMARTS) is 4. The van der Waals surface area contributed by atoms with Gasteiger partial charge in [0.15, 0.2) is 23.8 Å². The summed E-state index contributed by atoms with van der Waals surface area (Å²) in [5.41, 5.74) is -5.79. The molecular weight excluding hydrogens is 616 g/mol. The van der Waals surface area contributed by atoms with Crippen LogP contribution in [0.15, 0.2) is 0 Å². The molecule has 0 aromatic heterocycles. The van der Waals surface area contributed by atoms with Crippen LogP contribution in [0, 0.1) is 0 Å². The van der Waals surface area contributed by atoms with E-state index in [0.29, 0.717) is 0 Å². The van der Waals surface area contributed by atoms with Gasteiger partial charge in [-0.05, 0) is 0 Å². The normalized spacial score (nSPS) is 15.5. The lowest BCUT2D eigenvalue weighted by Crippen LogP contribution is -2.45. The van der Waals surface area contributed by atoms with Crippen molar-refractivity contribution in [2.75, 3.05) is 13.2 Å². The average molecular weight is 648 g/mol. The second-order valence-corrected chi connectivity index (χ2v) is 8.90. The van der Waals surface area contributed by atoms with Crippen LogP contribution < -0.4 is 0 Å². The van der Waals surface area contributed by atoms with Gasteiger partial charge in [-0.1, -0.05) is 0 Å². The fourth-order valence-corrected chi connectivity index (χ4v) is 2.68. The van der Waals surface area contributed by atoms with E-state index in [1.807, 2.05) is 0 Å². The molecule has 0 saturated heterocycles. The van der Waals surface area contributed by atoms with Crippen molar-refractivity contribution in [3.8, 4) is 0 Å². The number of hydrogen-bond acceptors (Lipinski definition) is 18. The highest BCUT2D eigenvalue weighted by atomic mass is 16.6. The van der Waals surface area contributed by atoms with Crippen LogP contribution in [0.1, 0.15) is 25.7 Å². The number of aliphatic hydroxyl groups excluding tert-OH is 6. The van der Waals surface area contributed by atoms with E-state index in [2.05, 4.69) is 9.47 Å². The minimum Gasteiger partial charge on any atom is -0.481 e. The van der Waals surface area contributed by atoms with E-state index in [9.17, 15) is 63.9 Å². The number of carbonyl (C=O) groups is 8. The summed E-state index contributed by atoms with van der Waals surface area (Å²) in [6.07, 6.45) is -17.0. The summed E-state index contributed by atoms with van der Waals surface area (Å²) in [6, 6.07) is 0. The number of rotatable bonds is 20. The first-order valence-electron chi connectivity index (χ1n) is 11.7. The fraction of sp³-hybridized carbons (Fsp3) is 0.636. The van der Waals surface area contributed by atoms with Crippen LogP contribution in [-0.4, -0.2) is 171 Å². The Balaban J connectivity index is 0. The minimum absolute atomic E-state index is 0.0971. The lowest BCUT2D eigenvalue weighted by molar-refractivity contribution is -0.176. The molecule has 6 atom stereocenters. The molecule has 0 bridgehead atoms. The van der Waals surface area contributed by atoms with Crippen molar-refractivity contribution in [3.05, 3.63) is 0 Å². The fourth-order valence-electron chi connectivity index (χ4n) is 2.68. The highest BCUT2D eigenvalue weighted by molar-refractivity contribution is 5.89. The van der Waals surface area contributed by atoms with Gasteiger partial charge in [0, 0.05) is 0 Å². The highest BCUT2D eigenvalue weighted by Gasteiger charge is 2.43. The molecule has 0 aliphatic carbocycles. The van der Waals surface area contributed by atoms with E-state index in [1.165, 1.54) is 0 Å². The van der Waals surface area contributed by atoms with Gasteiger partial charge in [-0.15, -0.1) is 0 Å². The van der Waals surface area contributed by atoms with Crippen LogP contribution in [0.3, 0.4) is 0 Å². The quantitative estimate of drug-likeness (QED) is 0.0431. The van der Waals surface area contributed by atoms with Gasteiger partial charge in [0.1, 0.15) is 49.8 Å². The predicted octanol–water partition coefficient (Wildman–Crippen LogP) is -7.02. The molecule has 12 N–H and O–H groups in total. The third-order valence-corrected chi connectivity index (χ3v) is 5.15. The summed E-state index contributed by atoms with van der Waals surface area (Å²) >= 11 is 0. The molecule has 44 heavy (non-hydrogen) atoms. The topological polar surface area (TPSA) is 398 Å². The molecule has 0 aromatic carbocycles. The minimum atomic E-state index is -3.05. The number of esters is 2. The Morgan fingerprint density at radius 3 is 1.05 bits per heavy atom. The molecular formula is C22H32O22. The molecule has 0 rings (SSSR count). The molecule has 0 saturated carbocycles. The van der Waals surface area contributed by atoms with Gasteiger partial charge >= 0.3 is 35.8 Å². The van der Waals surface area contributed by atoms with Gasteiger partial charge in [0.25, 0.3) is 0 Å². The summed E-state index contributed by atoms with van der Waals surface area (Å²) in [6.45, 7) is -1.98. The summed E-state index contributed by atoms with van der Waals surface area (Å²) in [5, 5.41) is 109. The van der Waals surface area contributed by atoms with Gasteiger partial charge in [-0.2, -0.15) is 0 Å². The van der Waals surface area contributed by atoms with E-state index in [1.54, 1.807) is 0 Å². The van der Waals surface area contributed by atoms with E-state index in [-0.39, 0.29) is 12.6 Å². The third-order valence-electron chi connectivity index (χ3n) is 5.15. The molecule has 0 aliphatic rings. The van der Waals surface area contributed by atoms with Crippen LogP contribution in [0.5, 0.6) is 0 Å². The summed E-state index contributed by atoms with van der Waals surface area (Å²) in [7, 11) is 0. The summed E-state index contributed by atoms with van der Waals surface area (Å²) in [4.78, 5) is 85.8. The van der Waals surface area contributed by atoms with Crippen molar-refractivity contribution in [1.82, 2.24) is 0 Å². The maximum atomic E-state index is 11.7. The molecule has 22 nitrogen and oxygen atoms in total. The Bertz CT molecular complexity index is 964. The lowest BCUT2D eigenvalue weighted by Gasteiger charge is -2.24. The zero-order valence-electron chi connectivity index (χ0n) is 22.3. The molecule has 0 amide bonds. The van der Waals surface area contributed by atoms with Gasteiger partial charge in [0.2, 0.25) is 0 Å². The molecule has 0 fully saturated rings. The Labute approximate surface area is 244 Å². The molecule has 0 unspecified atom stereocenters. The number of hydrogen-bond donors (Lipinski definition) is 12. The number of aliphatic hydroxyl groups is 8. The van der Waals surface area contributed by atoms with E-state index >= 15 is 0 Å². The SMILES string of the molecule is O=C(O)CC(O)(CC(=O)O)C(=O)O.O=C[C@H](O)[C@@H](O)[C@H](O)COC(=O)CC(O)(CC(=O)OC[C@@H](O)[C@H](O)[C@@H](O)C=O)C(=O)O. The highest BCUT2D eigenvalue weighted by Crippen LogP contribution is 2.19. The molecule has 252 valence electrons. The monoisotopic (exact) mass is 648 g/mol. The zero-order valence-corrected chi connectivity index (χ0v) is 22.3. The number of aliphatic carboxylic acids is 4. The maximum absolute atomic E-state index is 11.7. The first kappa shape index (κ1) is 42.0. The van der Waals surface area contributed by atoms with Crippen LogP contribution >= 0.6 is 0 Å². The summed E-state index contributed by atoms with van der Waals surface area (Å²) in [5.74, 6) is -9.96. The van der Waals surface area contributed by atoms with E-state index in [4.69, 9.17) is 35.7 Å². The van der Waals surface area contributed by atoms with Crippen LogP contribution in [0.2, 0.25) is 0 Å². The molecule has 0 heterocycles. The molecule has 0 aromatic rings. The average Bonchev–Trinajstić information content (AvgIpc) is 2.91. The number of aldehydes is 2. The maximum Gasteiger partial charge on any atom is 0.336 e. The van der Waals surface area contributed by atoms with Gasteiger partial charge in [-0.3, -0.25) is 19.2 Å². The van der Waals surface area contributed by atoms with Crippen LogP contribution in [-0.2, 0) is 47.8 Å². The molecule has 0 radical (unpaired) electrons. The van der Waals surface area contributed by atoms with Crippen molar-refractivity contribution >= 4 is 48.4 Å². The first-order valence-corrected chi connectivity index (χ1v) is 11.7. The van der Waals surface area contributed by atoms with Gasteiger partial charge in [-0.25, -0.2) is 9.59 Å². The number of carboxylic acids is 4. The van der Waals surface area contributed by atoms with Crippen molar-refractivity contribution in [1.29, 1.82) is 0 Å². The number of ether oxygens (including phenoxy) is 2. The first-order chi connectivity index (χ1) is 20.1. The van der Waals surface area contributed by atoms with Crippen molar-refractivity contribution in [2.45, 2.75) is 73.5 Å². The van der Waals surface area contributed by atoms with E-state index in [0.717, 1.165) is 0 Å². The zero-order chi connectivity index (χ0) is 35.0. The summed E-state index contributed by atoms with van der Waals surface area (Å²) < 4.78 is 8.86. The van der Waals surface area contributed by atoms with Crippen LogP contribution in [0.25, 0.3) is 0 Å². The Kier molecular flexibility index (Phi) is 18.3. The Hall–Kier alpha value is -4.16. The molecule has 22 heteroatoms. The van der Waals surface area contributed by atoms with Crippen molar-refractivity contribution < 1.29 is 109 Å². The largest absolute Gasteiger partial charge is 0.481 e.